The molecule has 2 amide bonds. The fourth-order valence-corrected chi connectivity index (χ4v) is 6.09. The number of nitrogens with one attached hydrogen (secondary N) is 2. The summed E-state index contributed by atoms with van der Waals surface area (Å²) >= 11 is 3.51. The molecule has 0 spiro atoms. The molecule has 1 aliphatic rings. The van der Waals surface area contributed by atoms with Crippen LogP contribution in [0.5, 0.6) is 17.2 Å². The number of hydrogen-bond acceptors (Lipinski definition) is 7. The van der Waals surface area contributed by atoms with Gasteiger partial charge in [-0.3, -0.25) is 14.4 Å². The van der Waals surface area contributed by atoms with Crippen LogP contribution in [0.1, 0.15) is 52.0 Å². The van der Waals surface area contributed by atoms with Crippen LogP contribution in [0.2, 0.25) is 0 Å². The summed E-state index contributed by atoms with van der Waals surface area (Å²) in [5.41, 5.74) is -0.533. The smallest absolute Gasteiger partial charge is 0.235 e. The lowest BCUT2D eigenvalue weighted by Crippen LogP contribution is -2.56. The summed E-state index contributed by atoms with van der Waals surface area (Å²) in [5.74, 6) is -3.99. The van der Waals surface area contributed by atoms with Crippen LogP contribution in [0.3, 0.4) is 0 Å². The molecule has 4 unspecified atom stereocenters. The van der Waals surface area contributed by atoms with E-state index in [0.717, 1.165) is 0 Å². The number of aliphatic hydroxyl groups is 1. The highest BCUT2D eigenvalue weighted by molar-refractivity contribution is 9.10. The summed E-state index contributed by atoms with van der Waals surface area (Å²) < 4.78 is 18.1. The van der Waals surface area contributed by atoms with Crippen LogP contribution in [-0.4, -0.2) is 48.1 Å². The third kappa shape index (κ3) is 7.42. The number of amides is 2. The Kier molecular flexibility index (Phi) is 11.0. The number of para-hydroxylation sites is 4. The molecule has 4 atom stereocenters. The van der Waals surface area contributed by atoms with E-state index in [-0.39, 0.29) is 0 Å². The molecule has 9 nitrogen and oxygen atoms in total. The minimum Gasteiger partial charge on any atom is -0.493 e. The first-order valence-corrected chi connectivity index (χ1v) is 15.6. The summed E-state index contributed by atoms with van der Waals surface area (Å²) in [5, 5.41) is 17.6. The predicted molar refractivity (Wildman–Crippen MR) is 172 cm³/mol. The first-order valence-electron chi connectivity index (χ1n) is 14.8. The van der Waals surface area contributed by atoms with Gasteiger partial charge in [-0.15, -0.1) is 0 Å². The molecule has 0 aliphatic heterocycles. The molecule has 0 heterocycles. The van der Waals surface area contributed by atoms with Crippen molar-refractivity contribution in [3.8, 4) is 17.2 Å². The van der Waals surface area contributed by atoms with Gasteiger partial charge in [-0.25, -0.2) is 0 Å². The number of ketones is 1. The predicted octanol–water partition coefficient (Wildman–Crippen LogP) is 6.35. The van der Waals surface area contributed by atoms with E-state index in [9.17, 15) is 19.5 Å². The molecule has 0 aromatic heterocycles. The quantitative estimate of drug-likeness (QED) is 0.192. The van der Waals surface area contributed by atoms with E-state index in [1.807, 2.05) is 20.8 Å². The molecular formula is C34H39BrN2O7. The number of anilines is 2. The van der Waals surface area contributed by atoms with Crippen molar-refractivity contribution in [3.05, 3.63) is 76.8 Å². The van der Waals surface area contributed by atoms with Gasteiger partial charge in [0.2, 0.25) is 11.8 Å². The van der Waals surface area contributed by atoms with Crippen molar-refractivity contribution in [3.63, 3.8) is 0 Å². The van der Waals surface area contributed by atoms with E-state index in [1.165, 1.54) is 6.92 Å². The Bertz CT molecular complexity index is 1490. The molecule has 234 valence electrons. The molecule has 1 aliphatic carbocycles. The summed E-state index contributed by atoms with van der Waals surface area (Å²) in [6, 6.07) is 19.2. The molecule has 10 heteroatoms. The number of benzene rings is 3. The number of Topliss-reactive ketones (excluding diaryl/α,β-unsaturated/α-hetero) is 1. The number of ether oxygens (including phenoxy) is 3. The maximum absolute atomic E-state index is 14.3. The zero-order valence-electron chi connectivity index (χ0n) is 25.4. The zero-order valence-corrected chi connectivity index (χ0v) is 27.0. The van der Waals surface area contributed by atoms with Gasteiger partial charge in [0.25, 0.3) is 0 Å². The average molecular weight is 668 g/mol. The van der Waals surface area contributed by atoms with Gasteiger partial charge >= 0.3 is 0 Å². The average Bonchev–Trinajstić information content (AvgIpc) is 2.97. The maximum Gasteiger partial charge on any atom is 0.235 e. The summed E-state index contributed by atoms with van der Waals surface area (Å²) in [7, 11) is 0. The van der Waals surface area contributed by atoms with E-state index in [0.29, 0.717) is 64.9 Å². The highest BCUT2D eigenvalue weighted by Gasteiger charge is 2.56. The molecule has 0 radical (unpaired) electrons. The topological polar surface area (TPSA) is 123 Å². The van der Waals surface area contributed by atoms with E-state index in [2.05, 4.69) is 26.6 Å². The normalized spacial score (nSPS) is 21.3. The number of hydrogen-bond donors (Lipinski definition) is 3. The minimum absolute atomic E-state index is 0.377. The van der Waals surface area contributed by atoms with E-state index >= 15 is 0 Å². The minimum atomic E-state index is -1.79. The second-order valence-electron chi connectivity index (χ2n) is 10.8. The molecule has 44 heavy (non-hydrogen) atoms. The maximum atomic E-state index is 14.3. The van der Waals surface area contributed by atoms with Crippen LogP contribution in [0.15, 0.2) is 71.2 Å². The third-order valence-electron chi connectivity index (χ3n) is 7.51. The van der Waals surface area contributed by atoms with Crippen molar-refractivity contribution in [1.82, 2.24) is 0 Å². The molecule has 4 rings (SSSR count). The van der Waals surface area contributed by atoms with Crippen molar-refractivity contribution in [1.29, 1.82) is 0 Å². The highest BCUT2D eigenvalue weighted by Crippen LogP contribution is 2.49. The number of carbonyl (C=O) groups excluding carboxylic acids is 3. The zero-order chi connectivity index (χ0) is 31.9. The lowest BCUT2D eigenvalue weighted by Gasteiger charge is -2.44. The third-order valence-corrected chi connectivity index (χ3v) is 8.01. The Morgan fingerprint density at radius 1 is 0.864 bits per heavy atom. The first kappa shape index (κ1) is 33.0. The Hall–Kier alpha value is -3.89. The van der Waals surface area contributed by atoms with Gasteiger partial charge in [0.1, 0.15) is 28.9 Å². The van der Waals surface area contributed by atoms with Crippen molar-refractivity contribution in [2.75, 3.05) is 30.5 Å². The van der Waals surface area contributed by atoms with Crippen molar-refractivity contribution in [2.24, 2.45) is 11.8 Å². The standard InChI is InChI=1S/C34H39BrN2O7/c1-5-18-44-26-17-16-21(35)19-22(26)29-30(32(39)36-23-12-8-10-14-27(23)42-6-2)25(38)20-34(4,41)31(29)33(40)37-24-13-9-11-15-28(24)43-7-3/h8-17,19,29-31,41H,5-7,18,20H2,1-4H3,(H,36,39)(H,37,40). The van der Waals surface area contributed by atoms with Crippen LogP contribution in [0.25, 0.3) is 0 Å². The lowest BCUT2D eigenvalue weighted by molar-refractivity contribution is -0.150. The van der Waals surface area contributed by atoms with Crippen LogP contribution < -0.4 is 24.8 Å². The van der Waals surface area contributed by atoms with Gasteiger partial charge in [-0.2, -0.15) is 0 Å². The Morgan fingerprint density at radius 3 is 2.00 bits per heavy atom. The Labute approximate surface area is 266 Å². The van der Waals surface area contributed by atoms with Crippen LogP contribution in [0.4, 0.5) is 11.4 Å². The van der Waals surface area contributed by atoms with Crippen molar-refractivity contribution < 1.29 is 33.7 Å². The summed E-state index contributed by atoms with van der Waals surface area (Å²) in [4.78, 5) is 42.3. The fourth-order valence-electron chi connectivity index (χ4n) is 5.71. The molecule has 0 bridgehead atoms. The van der Waals surface area contributed by atoms with E-state index in [4.69, 9.17) is 14.2 Å². The van der Waals surface area contributed by atoms with Gasteiger partial charge in [-0.1, -0.05) is 47.1 Å². The lowest BCUT2D eigenvalue weighted by atomic mass is 9.61. The molecular weight excluding hydrogens is 628 g/mol. The summed E-state index contributed by atoms with van der Waals surface area (Å²) in [6.45, 7) is 8.23. The van der Waals surface area contributed by atoms with Gasteiger partial charge in [0.15, 0.2) is 0 Å². The Morgan fingerprint density at radius 2 is 1.43 bits per heavy atom. The molecule has 3 aromatic rings. The fraction of sp³-hybridized carbons (Fsp3) is 0.382. The molecule has 3 aromatic carbocycles. The van der Waals surface area contributed by atoms with Gasteiger partial charge < -0.3 is 30.0 Å². The monoisotopic (exact) mass is 666 g/mol. The Balaban J connectivity index is 1.85. The largest absolute Gasteiger partial charge is 0.493 e. The van der Waals surface area contributed by atoms with Crippen LogP contribution in [-0.2, 0) is 14.4 Å². The molecule has 3 N–H and O–H groups in total. The van der Waals surface area contributed by atoms with Crippen LogP contribution in [0, 0.1) is 11.8 Å². The summed E-state index contributed by atoms with van der Waals surface area (Å²) in [6.07, 6.45) is 0.312. The number of rotatable bonds is 12. The number of halogens is 1. The molecule has 1 fully saturated rings. The SMILES string of the molecule is CCCOc1ccc(Br)cc1C1C(C(=O)Nc2ccccc2OCC)C(=O)CC(C)(O)C1C(=O)Nc1ccccc1OCC. The van der Waals surface area contributed by atoms with Gasteiger partial charge in [0, 0.05) is 22.4 Å². The van der Waals surface area contributed by atoms with Gasteiger partial charge in [-0.05, 0) is 69.7 Å². The highest BCUT2D eigenvalue weighted by atomic mass is 79.9. The second-order valence-corrected chi connectivity index (χ2v) is 11.8. The van der Waals surface area contributed by atoms with Crippen molar-refractivity contribution >= 4 is 44.9 Å². The molecule has 1 saturated carbocycles. The molecule has 0 saturated heterocycles. The van der Waals surface area contributed by atoms with E-state index < -0.39 is 47.4 Å². The van der Waals surface area contributed by atoms with E-state index in [1.54, 1.807) is 66.7 Å². The van der Waals surface area contributed by atoms with Gasteiger partial charge in [0.05, 0.1) is 42.7 Å². The first-order chi connectivity index (χ1) is 21.1. The van der Waals surface area contributed by atoms with Crippen LogP contribution >= 0.6 is 15.9 Å². The number of carbonyl (C=O) groups is 3. The van der Waals surface area contributed by atoms with Crippen molar-refractivity contribution in [2.45, 2.75) is 52.1 Å². The second kappa shape index (κ2) is 14.7.